The molecule has 0 N–H and O–H groups in total. The lowest BCUT2D eigenvalue weighted by molar-refractivity contribution is -0.142. The third-order valence-corrected chi connectivity index (χ3v) is 1.94. The molecule has 16 heavy (non-hydrogen) atoms. The number of nitrogens with zero attached hydrogens (tertiary/aromatic N) is 4. The summed E-state index contributed by atoms with van der Waals surface area (Å²) in [5.41, 5.74) is 1.07. The van der Waals surface area contributed by atoms with Crippen LogP contribution < -0.4 is 0 Å². The number of fused-ring (bicyclic) bond motifs is 1. The highest BCUT2D eigenvalue weighted by molar-refractivity contribution is 5.76. The fourth-order valence-electron chi connectivity index (χ4n) is 1.29. The molecule has 0 bridgehead atoms. The summed E-state index contributed by atoms with van der Waals surface area (Å²) in [4.78, 5) is 19.0. The minimum absolute atomic E-state index is 0.117. The van der Waals surface area contributed by atoms with E-state index in [1.165, 1.54) is 6.33 Å². The predicted molar refractivity (Wildman–Crippen MR) is 55.5 cm³/mol. The molecule has 2 heterocycles. The van der Waals surface area contributed by atoms with E-state index < -0.39 is 0 Å². The van der Waals surface area contributed by atoms with E-state index in [9.17, 15) is 4.79 Å². The molecule has 0 atom stereocenters. The molecule has 0 fully saturated rings. The van der Waals surface area contributed by atoms with Crippen molar-refractivity contribution in [2.75, 3.05) is 6.61 Å². The molecule has 82 valence electrons. The minimum atomic E-state index is -0.312. The number of hydrogen-bond acceptors (Lipinski definition) is 6. The van der Waals surface area contributed by atoms with Crippen LogP contribution in [0.25, 0.3) is 11.0 Å². The summed E-state index contributed by atoms with van der Waals surface area (Å²) in [6, 6.07) is 1.74. The van der Waals surface area contributed by atoms with Gasteiger partial charge in [0.1, 0.15) is 6.33 Å². The second-order valence-corrected chi connectivity index (χ2v) is 3.12. The first-order valence-electron chi connectivity index (χ1n) is 4.87. The number of rotatable bonds is 3. The Balaban J connectivity index is 2.22. The Bertz CT molecular complexity index is 515. The Morgan fingerprint density at radius 3 is 3.12 bits per heavy atom. The molecule has 2 rings (SSSR count). The molecule has 0 aliphatic carbocycles. The van der Waals surface area contributed by atoms with Crippen LogP contribution in [0.4, 0.5) is 0 Å². The van der Waals surface area contributed by atoms with Gasteiger partial charge < -0.3 is 4.74 Å². The van der Waals surface area contributed by atoms with E-state index in [0.29, 0.717) is 17.9 Å². The van der Waals surface area contributed by atoms with E-state index >= 15 is 0 Å². The van der Waals surface area contributed by atoms with E-state index in [1.807, 2.05) is 0 Å². The summed E-state index contributed by atoms with van der Waals surface area (Å²) >= 11 is 0. The number of hydrogen-bond donors (Lipinski definition) is 0. The first-order valence-corrected chi connectivity index (χ1v) is 4.87. The minimum Gasteiger partial charge on any atom is -0.466 e. The molecule has 0 aliphatic rings. The van der Waals surface area contributed by atoms with Gasteiger partial charge in [-0.1, -0.05) is 0 Å². The van der Waals surface area contributed by atoms with Gasteiger partial charge in [-0.25, -0.2) is 9.97 Å². The Morgan fingerprint density at radius 2 is 2.31 bits per heavy atom. The van der Waals surface area contributed by atoms with Gasteiger partial charge in [-0.2, -0.15) is 5.10 Å². The van der Waals surface area contributed by atoms with Crippen LogP contribution in [0.3, 0.4) is 0 Å². The smallest absolute Gasteiger partial charge is 0.311 e. The third kappa shape index (κ3) is 2.28. The lowest BCUT2D eigenvalue weighted by atomic mass is 10.2. The molecule has 0 aromatic carbocycles. The monoisotopic (exact) mass is 218 g/mol. The average molecular weight is 218 g/mol. The zero-order valence-electron chi connectivity index (χ0n) is 8.75. The van der Waals surface area contributed by atoms with E-state index in [2.05, 4.69) is 20.2 Å². The van der Waals surface area contributed by atoms with Gasteiger partial charge in [-0.3, -0.25) is 4.79 Å². The highest BCUT2D eigenvalue weighted by Crippen LogP contribution is 2.07. The largest absolute Gasteiger partial charge is 0.466 e. The second kappa shape index (κ2) is 4.61. The standard InChI is InChI=1S/C10H10N4O2/c1-2-16-9(15)4-8-3-7-5-11-6-12-10(7)14-13-8/h3,5-6H,2,4H2,1H3. The molecule has 0 aliphatic heterocycles. The zero-order chi connectivity index (χ0) is 11.4. The van der Waals surface area contributed by atoms with Crippen molar-refractivity contribution < 1.29 is 9.53 Å². The SMILES string of the molecule is CCOC(=O)Cc1cc2cncnc2nn1. The van der Waals surface area contributed by atoms with Crippen LogP contribution in [0, 0.1) is 0 Å². The average Bonchev–Trinajstić information content (AvgIpc) is 2.29. The fraction of sp³-hybridized carbons (Fsp3) is 0.300. The summed E-state index contributed by atoms with van der Waals surface area (Å²) in [6.45, 7) is 2.13. The molecule has 0 spiro atoms. The van der Waals surface area contributed by atoms with Gasteiger partial charge in [0.2, 0.25) is 0 Å². The van der Waals surface area contributed by atoms with Crippen LogP contribution in [0.2, 0.25) is 0 Å². The highest BCUT2D eigenvalue weighted by Gasteiger charge is 2.07. The Labute approximate surface area is 91.7 Å². The summed E-state index contributed by atoms with van der Waals surface area (Å²) in [5.74, 6) is -0.312. The molecule has 2 aromatic rings. The van der Waals surface area contributed by atoms with Crippen molar-refractivity contribution in [2.24, 2.45) is 0 Å². The van der Waals surface area contributed by atoms with E-state index in [-0.39, 0.29) is 12.4 Å². The normalized spacial score (nSPS) is 10.3. The molecule has 0 saturated heterocycles. The van der Waals surface area contributed by atoms with Crippen LogP contribution in [-0.2, 0) is 16.0 Å². The molecule has 6 nitrogen and oxygen atoms in total. The third-order valence-electron chi connectivity index (χ3n) is 1.94. The maximum Gasteiger partial charge on any atom is 0.311 e. The first-order chi connectivity index (χ1) is 7.79. The highest BCUT2D eigenvalue weighted by atomic mass is 16.5. The van der Waals surface area contributed by atoms with Crippen molar-refractivity contribution in [3.63, 3.8) is 0 Å². The van der Waals surface area contributed by atoms with Crippen molar-refractivity contribution in [3.8, 4) is 0 Å². The van der Waals surface area contributed by atoms with Crippen LogP contribution in [0.1, 0.15) is 12.6 Å². The summed E-state index contributed by atoms with van der Waals surface area (Å²) in [6.07, 6.45) is 3.15. The van der Waals surface area contributed by atoms with Gasteiger partial charge in [0.25, 0.3) is 0 Å². The predicted octanol–water partition coefficient (Wildman–Crippen LogP) is 0.525. The molecular formula is C10H10N4O2. The number of ether oxygens (including phenoxy) is 1. The van der Waals surface area contributed by atoms with E-state index in [1.54, 1.807) is 19.2 Å². The number of carbonyl (C=O) groups is 1. The van der Waals surface area contributed by atoms with Crippen molar-refractivity contribution in [2.45, 2.75) is 13.3 Å². The Morgan fingerprint density at radius 1 is 1.44 bits per heavy atom. The number of esters is 1. The lowest BCUT2D eigenvalue weighted by Gasteiger charge is -2.01. The van der Waals surface area contributed by atoms with Crippen molar-refractivity contribution >= 4 is 17.0 Å². The van der Waals surface area contributed by atoms with Crippen LogP contribution >= 0.6 is 0 Å². The maximum absolute atomic E-state index is 11.2. The molecule has 0 unspecified atom stereocenters. The van der Waals surface area contributed by atoms with Gasteiger partial charge in [0.05, 0.1) is 18.7 Å². The van der Waals surface area contributed by atoms with Crippen molar-refractivity contribution in [3.05, 3.63) is 24.3 Å². The van der Waals surface area contributed by atoms with Gasteiger partial charge in [0.15, 0.2) is 5.65 Å². The Kier molecular flexibility index (Phi) is 3.00. The molecule has 0 radical (unpaired) electrons. The number of aromatic nitrogens is 4. The number of carbonyl (C=O) groups excluding carboxylic acids is 1. The van der Waals surface area contributed by atoms with Crippen molar-refractivity contribution in [1.82, 2.24) is 20.2 Å². The van der Waals surface area contributed by atoms with Gasteiger partial charge in [-0.15, -0.1) is 5.10 Å². The topological polar surface area (TPSA) is 77.9 Å². The van der Waals surface area contributed by atoms with Crippen LogP contribution in [0.15, 0.2) is 18.6 Å². The molecule has 2 aromatic heterocycles. The Hall–Kier alpha value is -2.11. The molecular weight excluding hydrogens is 208 g/mol. The summed E-state index contributed by atoms with van der Waals surface area (Å²) in [7, 11) is 0. The van der Waals surface area contributed by atoms with Gasteiger partial charge in [0, 0.05) is 11.6 Å². The molecule has 6 heteroatoms. The zero-order valence-corrected chi connectivity index (χ0v) is 8.75. The van der Waals surface area contributed by atoms with Crippen molar-refractivity contribution in [1.29, 1.82) is 0 Å². The lowest BCUT2D eigenvalue weighted by Crippen LogP contribution is -2.09. The first kappa shape index (κ1) is 10.4. The maximum atomic E-state index is 11.2. The summed E-state index contributed by atoms with van der Waals surface area (Å²) in [5, 5.41) is 8.53. The van der Waals surface area contributed by atoms with Gasteiger partial charge >= 0.3 is 5.97 Å². The summed E-state index contributed by atoms with van der Waals surface area (Å²) < 4.78 is 4.82. The molecule has 0 saturated carbocycles. The van der Waals surface area contributed by atoms with Crippen LogP contribution in [0.5, 0.6) is 0 Å². The molecule has 0 amide bonds. The van der Waals surface area contributed by atoms with Gasteiger partial charge in [-0.05, 0) is 13.0 Å². The second-order valence-electron chi connectivity index (χ2n) is 3.12. The fourth-order valence-corrected chi connectivity index (χ4v) is 1.29. The van der Waals surface area contributed by atoms with E-state index in [4.69, 9.17) is 4.74 Å². The quantitative estimate of drug-likeness (QED) is 0.699. The van der Waals surface area contributed by atoms with Crippen LogP contribution in [-0.4, -0.2) is 32.7 Å². The van der Waals surface area contributed by atoms with E-state index in [0.717, 1.165) is 5.39 Å².